The van der Waals surface area contributed by atoms with Crippen LogP contribution < -0.4 is 20.3 Å². The van der Waals surface area contributed by atoms with Crippen molar-refractivity contribution in [3.05, 3.63) is 41.8 Å². The molecule has 1 aliphatic heterocycles. The second-order valence-electron chi connectivity index (χ2n) is 6.88. The summed E-state index contributed by atoms with van der Waals surface area (Å²) in [5.74, 6) is 2.51. The molecule has 28 heavy (non-hydrogen) atoms. The van der Waals surface area contributed by atoms with Gasteiger partial charge in [-0.1, -0.05) is 31.1 Å². The SMILES string of the molecule is CN=C(NCCCN1C(=O)COc2ccccc21)NCc1cc(C(C)C)no1. The number of amides is 1. The van der Waals surface area contributed by atoms with Gasteiger partial charge in [-0.2, -0.15) is 0 Å². The van der Waals surface area contributed by atoms with Crippen LogP contribution in [0.15, 0.2) is 39.8 Å². The number of guanidine groups is 1. The van der Waals surface area contributed by atoms with Crippen LogP contribution in [0, 0.1) is 0 Å². The van der Waals surface area contributed by atoms with E-state index in [-0.39, 0.29) is 12.5 Å². The topological polar surface area (TPSA) is 92.0 Å². The molecule has 1 amide bonds. The van der Waals surface area contributed by atoms with E-state index in [1.807, 2.05) is 30.3 Å². The number of nitrogens with one attached hydrogen (secondary N) is 2. The molecule has 2 N–H and O–H groups in total. The molecule has 0 atom stereocenters. The van der Waals surface area contributed by atoms with Crippen LogP contribution in [0.25, 0.3) is 0 Å². The van der Waals surface area contributed by atoms with E-state index >= 15 is 0 Å². The molecule has 0 aliphatic carbocycles. The minimum atomic E-state index is -0.0208. The average Bonchev–Trinajstić information content (AvgIpc) is 3.18. The fourth-order valence-corrected chi connectivity index (χ4v) is 2.92. The van der Waals surface area contributed by atoms with Gasteiger partial charge in [-0.15, -0.1) is 0 Å². The summed E-state index contributed by atoms with van der Waals surface area (Å²) in [5.41, 5.74) is 1.77. The molecule has 8 nitrogen and oxygen atoms in total. The summed E-state index contributed by atoms with van der Waals surface area (Å²) in [6.45, 7) is 6.04. The normalized spacial score (nSPS) is 14.1. The van der Waals surface area contributed by atoms with E-state index in [1.54, 1.807) is 11.9 Å². The molecule has 0 radical (unpaired) electrons. The fourth-order valence-electron chi connectivity index (χ4n) is 2.92. The molecule has 8 heteroatoms. The van der Waals surface area contributed by atoms with E-state index < -0.39 is 0 Å². The summed E-state index contributed by atoms with van der Waals surface area (Å²) in [4.78, 5) is 18.2. The van der Waals surface area contributed by atoms with Crippen LogP contribution in [-0.4, -0.2) is 43.8 Å². The van der Waals surface area contributed by atoms with E-state index in [4.69, 9.17) is 9.26 Å². The molecular weight excluding hydrogens is 358 g/mol. The standard InChI is InChI=1S/C20H27N5O3/c1-14(2)16-11-15(28-24-16)12-23-20(21-3)22-9-6-10-25-17-7-4-5-8-18(17)27-13-19(25)26/h4-5,7-8,11,14H,6,9-10,12-13H2,1-3H3,(H2,21,22,23). The Labute approximate surface area is 164 Å². The first kappa shape index (κ1) is 19.7. The summed E-state index contributed by atoms with van der Waals surface area (Å²) in [6.07, 6.45) is 0.778. The average molecular weight is 385 g/mol. The lowest BCUT2D eigenvalue weighted by Crippen LogP contribution is -2.41. The molecule has 150 valence electrons. The van der Waals surface area contributed by atoms with Gasteiger partial charge in [0.15, 0.2) is 18.3 Å². The van der Waals surface area contributed by atoms with Gasteiger partial charge >= 0.3 is 0 Å². The number of fused-ring (bicyclic) bond motifs is 1. The number of aromatic nitrogens is 1. The van der Waals surface area contributed by atoms with Crippen LogP contribution in [0.5, 0.6) is 5.75 Å². The van der Waals surface area contributed by atoms with E-state index in [9.17, 15) is 4.79 Å². The van der Waals surface area contributed by atoms with Crippen LogP contribution >= 0.6 is 0 Å². The van der Waals surface area contributed by atoms with Crippen molar-refractivity contribution in [2.24, 2.45) is 4.99 Å². The van der Waals surface area contributed by atoms with Crippen molar-refractivity contribution in [2.45, 2.75) is 32.7 Å². The minimum absolute atomic E-state index is 0.0208. The highest BCUT2D eigenvalue weighted by Crippen LogP contribution is 2.31. The van der Waals surface area contributed by atoms with Crippen LogP contribution in [0.2, 0.25) is 0 Å². The summed E-state index contributed by atoms with van der Waals surface area (Å²) in [7, 11) is 1.72. The van der Waals surface area contributed by atoms with Gasteiger partial charge in [0.25, 0.3) is 5.91 Å². The third-order valence-electron chi connectivity index (χ3n) is 4.48. The van der Waals surface area contributed by atoms with Gasteiger partial charge in [0.2, 0.25) is 0 Å². The van der Waals surface area contributed by atoms with Gasteiger partial charge < -0.3 is 24.8 Å². The number of nitrogens with zero attached hydrogens (tertiary/aromatic N) is 3. The Morgan fingerprint density at radius 2 is 2.14 bits per heavy atom. The Bertz CT molecular complexity index is 831. The number of benzene rings is 1. The number of rotatable bonds is 7. The fraction of sp³-hybridized carbons (Fsp3) is 0.450. The molecule has 0 saturated heterocycles. The maximum atomic E-state index is 12.2. The first-order valence-corrected chi connectivity index (χ1v) is 9.50. The molecule has 0 saturated carbocycles. The molecule has 0 spiro atoms. The number of para-hydroxylation sites is 2. The number of aliphatic imine (C=N–C) groups is 1. The van der Waals surface area contributed by atoms with E-state index in [0.717, 1.165) is 29.3 Å². The molecule has 1 aliphatic rings. The predicted molar refractivity (Wildman–Crippen MR) is 108 cm³/mol. The van der Waals surface area contributed by atoms with Crippen LogP contribution in [0.4, 0.5) is 5.69 Å². The number of carbonyl (C=O) groups is 1. The van der Waals surface area contributed by atoms with Gasteiger partial charge in [-0.05, 0) is 24.5 Å². The van der Waals surface area contributed by atoms with Crippen molar-refractivity contribution in [1.29, 1.82) is 0 Å². The summed E-state index contributed by atoms with van der Waals surface area (Å²) in [6, 6.07) is 9.55. The zero-order valence-corrected chi connectivity index (χ0v) is 16.6. The van der Waals surface area contributed by atoms with Gasteiger partial charge in [0.1, 0.15) is 5.75 Å². The Morgan fingerprint density at radius 3 is 2.89 bits per heavy atom. The molecular formula is C20H27N5O3. The smallest absolute Gasteiger partial charge is 0.265 e. The highest BCUT2D eigenvalue weighted by molar-refractivity contribution is 5.97. The van der Waals surface area contributed by atoms with Crippen molar-refractivity contribution < 1.29 is 14.1 Å². The largest absolute Gasteiger partial charge is 0.482 e. The maximum Gasteiger partial charge on any atom is 0.265 e. The quantitative estimate of drug-likeness (QED) is 0.432. The van der Waals surface area contributed by atoms with E-state index in [0.29, 0.717) is 31.5 Å². The monoisotopic (exact) mass is 385 g/mol. The Kier molecular flexibility index (Phi) is 6.52. The van der Waals surface area contributed by atoms with Crippen molar-refractivity contribution in [1.82, 2.24) is 15.8 Å². The number of hydrogen-bond acceptors (Lipinski definition) is 5. The van der Waals surface area contributed by atoms with Crippen molar-refractivity contribution >= 4 is 17.6 Å². The van der Waals surface area contributed by atoms with Gasteiger partial charge in [-0.3, -0.25) is 9.79 Å². The lowest BCUT2D eigenvalue weighted by atomic mass is 10.1. The summed E-state index contributed by atoms with van der Waals surface area (Å²) < 4.78 is 10.8. The molecule has 0 bridgehead atoms. The molecule has 0 fully saturated rings. The number of anilines is 1. The first-order valence-electron chi connectivity index (χ1n) is 9.50. The van der Waals surface area contributed by atoms with E-state index in [1.165, 1.54) is 0 Å². The van der Waals surface area contributed by atoms with E-state index in [2.05, 4.69) is 34.6 Å². The molecule has 2 heterocycles. The highest BCUT2D eigenvalue weighted by atomic mass is 16.5. The summed E-state index contributed by atoms with van der Waals surface area (Å²) >= 11 is 0. The minimum Gasteiger partial charge on any atom is -0.482 e. The van der Waals surface area contributed by atoms with Crippen LogP contribution in [0.1, 0.15) is 37.6 Å². The van der Waals surface area contributed by atoms with Gasteiger partial charge in [-0.25, -0.2) is 0 Å². The number of ether oxygens (including phenoxy) is 1. The Morgan fingerprint density at radius 1 is 1.32 bits per heavy atom. The van der Waals surface area contributed by atoms with Gasteiger partial charge in [0, 0.05) is 26.2 Å². The Balaban J connectivity index is 1.44. The second kappa shape index (κ2) is 9.25. The number of hydrogen-bond donors (Lipinski definition) is 2. The van der Waals surface area contributed by atoms with Gasteiger partial charge in [0.05, 0.1) is 17.9 Å². The zero-order chi connectivity index (χ0) is 19.9. The molecule has 0 unspecified atom stereocenters. The number of carbonyl (C=O) groups excluding carboxylic acids is 1. The lowest BCUT2D eigenvalue weighted by molar-refractivity contribution is -0.121. The van der Waals surface area contributed by atoms with Crippen LogP contribution in [0.3, 0.4) is 0 Å². The second-order valence-corrected chi connectivity index (χ2v) is 6.88. The van der Waals surface area contributed by atoms with Crippen LogP contribution in [-0.2, 0) is 11.3 Å². The highest BCUT2D eigenvalue weighted by Gasteiger charge is 2.24. The van der Waals surface area contributed by atoms with Crippen molar-refractivity contribution in [3.63, 3.8) is 0 Å². The van der Waals surface area contributed by atoms with Crippen molar-refractivity contribution in [3.8, 4) is 5.75 Å². The Hall–Kier alpha value is -3.03. The maximum absolute atomic E-state index is 12.2. The molecule has 1 aromatic heterocycles. The third-order valence-corrected chi connectivity index (χ3v) is 4.48. The molecule has 1 aromatic carbocycles. The van der Waals surface area contributed by atoms with Crippen molar-refractivity contribution in [2.75, 3.05) is 31.6 Å². The first-order chi connectivity index (χ1) is 13.6. The third kappa shape index (κ3) is 4.82. The lowest BCUT2D eigenvalue weighted by Gasteiger charge is -2.29. The summed E-state index contributed by atoms with van der Waals surface area (Å²) in [5, 5.41) is 10.5. The predicted octanol–water partition coefficient (Wildman–Crippen LogP) is 2.28. The zero-order valence-electron chi connectivity index (χ0n) is 16.6. The molecule has 3 rings (SSSR count). The molecule has 2 aromatic rings.